The van der Waals surface area contributed by atoms with E-state index in [1.807, 2.05) is 43.3 Å². The third kappa shape index (κ3) is 4.69. The van der Waals surface area contributed by atoms with Gasteiger partial charge in [0.05, 0.1) is 4.90 Å². The Balaban J connectivity index is 1.22. The predicted molar refractivity (Wildman–Crippen MR) is 128 cm³/mol. The Kier molecular flexibility index (Phi) is 5.99. The number of anilines is 3. The fraction of sp³-hybridized carbons (Fsp3) is 0.375. The van der Waals surface area contributed by atoms with Gasteiger partial charge < -0.3 is 10.2 Å². The monoisotopic (exact) mass is 464 g/mol. The van der Waals surface area contributed by atoms with Crippen molar-refractivity contribution in [1.29, 1.82) is 0 Å². The number of hydrogen-bond acceptors (Lipinski definition) is 7. The quantitative estimate of drug-likeness (QED) is 0.619. The van der Waals surface area contributed by atoms with Crippen molar-refractivity contribution in [2.75, 3.05) is 36.4 Å². The molecule has 1 aromatic carbocycles. The summed E-state index contributed by atoms with van der Waals surface area (Å²) in [5.41, 5.74) is 3.57. The van der Waals surface area contributed by atoms with Gasteiger partial charge in [0.25, 0.3) is 0 Å². The van der Waals surface area contributed by atoms with Crippen molar-refractivity contribution >= 4 is 27.5 Å². The van der Waals surface area contributed by atoms with E-state index in [0.29, 0.717) is 42.7 Å². The number of aromatic nitrogens is 3. The molecule has 0 spiro atoms. The maximum absolute atomic E-state index is 13.2. The zero-order chi connectivity index (χ0) is 22.8. The van der Waals surface area contributed by atoms with Crippen molar-refractivity contribution in [2.45, 2.75) is 37.5 Å². The summed E-state index contributed by atoms with van der Waals surface area (Å²) in [7, 11) is -3.49. The van der Waals surface area contributed by atoms with Crippen LogP contribution in [0.2, 0.25) is 0 Å². The summed E-state index contributed by atoms with van der Waals surface area (Å²) < 4.78 is 28.0. The number of piperazine rings is 1. The molecule has 1 aliphatic heterocycles. The predicted octanol–water partition coefficient (Wildman–Crippen LogP) is 3.31. The van der Waals surface area contributed by atoms with Gasteiger partial charge in [-0.15, -0.1) is 10.2 Å². The average molecular weight is 465 g/mol. The van der Waals surface area contributed by atoms with Crippen molar-refractivity contribution in [3.63, 3.8) is 0 Å². The Bertz CT molecular complexity index is 1220. The van der Waals surface area contributed by atoms with E-state index in [4.69, 9.17) is 0 Å². The highest BCUT2D eigenvalue weighted by molar-refractivity contribution is 7.89. The number of nitrogens with one attached hydrogen (secondary N) is 1. The number of pyridine rings is 1. The van der Waals surface area contributed by atoms with E-state index in [2.05, 4.69) is 25.4 Å². The van der Waals surface area contributed by atoms with Crippen LogP contribution in [0, 0.1) is 6.92 Å². The molecule has 0 saturated carbocycles. The molecule has 0 unspecified atom stereocenters. The molecule has 0 amide bonds. The molecule has 9 heteroatoms. The van der Waals surface area contributed by atoms with E-state index >= 15 is 0 Å². The van der Waals surface area contributed by atoms with Crippen LogP contribution in [0.25, 0.3) is 0 Å². The van der Waals surface area contributed by atoms with Crippen LogP contribution in [0.5, 0.6) is 0 Å². The summed E-state index contributed by atoms with van der Waals surface area (Å²) in [6, 6.07) is 13.3. The first kappa shape index (κ1) is 21.8. The molecule has 1 fully saturated rings. The highest BCUT2D eigenvalue weighted by Crippen LogP contribution is 2.27. The molecule has 0 bridgehead atoms. The molecule has 0 atom stereocenters. The van der Waals surface area contributed by atoms with Crippen LogP contribution in [0.4, 0.5) is 17.5 Å². The van der Waals surface area contributed by atoms with E-state index < -0.39 is 10.0 Å². The summed E-state index contributed by atoms with van der Waals surface area (Å²) in [5.74, 6) is 2.07. The summed E-state index contributed by atoms with van der Waals surface area (Å²) in [6.45, 7) is 3.99. The van der Waals surface area contributed by atoms with Crippen LogP contribution in [-0.2, 0) is 22.9 Å². The third-order valence-electron chi connectivity index (χ3n) is 6.34. The van der Waals surface area contributed by atoms with Crippen molar-refractivity contribution in [2.24, 2.45) is 0 Å². The Morgan fingerprint density at radius 1 is 0.848 bits per heavy atom. The molecular formula is C24H28N6O2S. The number of hydrogen-bond donors (Lipinski definition) is 1. The normalized spacial score (nSPS) is 16.9. The average Bonchev–Trinajstić information content (AvgIpc) is 2.86. The lowest BCUT2D eigenvalue weighted by molar-refractivity contribution is 0.383. The Morgan fingerprint density at radius 3 is 2.30 bits per heavy atom. The summed E-state index contributed by atoms with van der Waals surface area (Å²) in [6.07, 6.45) is 6.12. The fourth-order valence-electron chi connectivity index (χ4n) is 4.41. The van der Waals surface area contributed by atoms with Gasteiger partial charge in [-0.05, 0) is 79.6 Å². The Morgan fingerprint density at radius 2 is 1.61 bits per heavy atom. The first-order valence-corrected chi connectivity index (χ1v) is 12.8. The van der Waals surface area contributed by atoms with E-state index in [1.165, 1.54) is 17.5 Å². The van der Waals surface area contributed by atoms with Gasteiger partial charge in [-0.2, -0.15) is 4.31 Å². The highest BCUT2D eigenvalue weighted by atomic mass is 32.2. The molecule has 1 aliphatic carbocycles. The number of sulfonamides is 1. The second kappa shape index (κ2) is 9.07. The first-order chi connectivity index (χ1) is 16.0. The zero-order valence-corrected chi connectivity index (χ0v) is 19.6. The first-order valence-electron chi connectivity index (χ1n) is 11.4. The van der Waals surface area contributed by atoms with Gasteiger partial charge in [-0.25, -0.2) is 13.4 Å². The van der Waals surface area contributed by atoms with Crippen LogP contribution >= 0.6 is 0 Å². The van der Waals surface area contributed by atoms with Crippen LogP contribution in [0.15, 0.2) is 53.6 Å². The minimum atomic E-state index is -3.49. The number of aryl methyl sites for hydroxylation is 3. The van der Waals surface area contributed by atoms with Crippen molar-refractivity contribution in [3.05, 3.63) is 65.4 Å². The Hall–Kier alpha value is -3.04. The molecular weight excluding hydrogens is 436 g/mol. The molecule has 3 aromatic rings. The molecule has 172 valence electrons. The van der Waals surface area contributed by atoms with Gasteiger partial charge in [0.2, 0.25) is 10.0 Å². The van der Waals surface area contributed by atoms with E-state index in [-0.39, 0.29) is 0 Å². The molecule has 1 N–H and O–H groups in total. The molecule has 33 heavy (non-hydrogen) atoms. The van der Waals surface area contributed by atoms with Crippen LogP contribution in [0.1, 0.15) is 29.5 Å². The van der Waals surface area contributed by atoms with Crippen molar-refractivity contribution in [3.8, 4) is 0 Å². The van der Waals surface area contributed by atoms with Crippen molar-refractivity contribution < 1.29 is 8.42 Å². The lowest BCUT2D eigenvalue weighted by Crippen LogP contribution is -2.49. The van der Waals surface area contributed by atoms with Crippen LogP contribution in [0.3, 0.4) is 0 Å². The SMILES string of the molecule is Cc1ccc(Nc2ccc(N3CCN(S(=O)(=O)c4ccc5c(c4)CCCC5)CC3)nn2)nc1. The Labute approximate surface area is 194 Å². The second-order valence-corrected chi connectivity index (χ2v) is 10.6. The van der Waals surface area contributed by atoms with Crippen LogP contribution < -0.4 is 10.2 Å². The maximum Gasteiger partial charge on any atom is 0.243 e. The summed E-state index contributed by atoms with van der Waals surface area (Å²) in [4.78, 5) is 6.80. The van der Waals surface area contributed by atoms with E-state index in [9.17, 15) is 8.42 Å². The fourth-order valence-corrected chi connectivity index (χ4v) is 5.88. The van der Waals surface area contributed by atoms with Crippen molar-refractivity contribution in [1.82, 2.24) is 19.5 Å². The zero-order valence-electron chi connectivity index (χ0n) is 18.7. The lowest BCUT2D eigenvalue weighted by Gasteiger charge is -2.34. The van der Waals surface area contributed by atoms with Crippen LogP contribution in [-0.4, -0.2) is 54.1 Å². The van der Waals surface area contributed by atoms with E-state index in [0.717, 1.165) is 30.6 Å². The highest BCUT2D eigenvalue weighted by Gasteiger charge is 2.29. The van der Waals surface area contributed by atoms with Gasteiger partial charge in [-0.1, -0.05) is 12.1 Å². The van der Waals surface area contributed by atoms with Gasteiger partial charge in [0, 0.05) is 32.4 Å². The second-order valence-electron chi connectivity index (χ2n) is 8.65. The van der Waals surface area contributed by atoms with Gasteiger partial charge in [-0.3, -0.25) is 0 Å². The summed E-state index contributed by atoms with van der Waals surface area (Å²) in [5, 5.41) is 11.7. The number of fused-ring (bicyclic) bond motifs is 1. The molecule has 1 saturated heterocycles. The van der Waals surface area contributed by atoms with Gasteiger partial charge in [0.1, 0.15) is 5.82 Å². The summed E-state index contributed by atoms with van der Waals surface area (Å²) >= 11 is 0. The third-order valence-corrected chi connectivity index (χ3v) is 8.23. The lowest BCUT2D eigenvalue weighted by atomic mass is 9.92. The molecule has 2 aliphatic rings. The number of rotatable bonds is 5. The van der Waals surface area contributed by atoms with E-state index in [1.54, 1.807) is 16.6 Å². The standard InChI is InChI=1S/C24H28N6O2S/c1-18-6-9-22(25-17-18)26-23-10-11-24(28-27-23)29-12-14-30(15-13-29)33(31,32)21-8-7-19-4-2-3-5-20(19)16-21/h6-11,16-17H,2-5,12-15H2,1H3,(H,25,26,27). The van der Waals surface area contributed by atoms with Gasteiger partial charge in [0.15, 0.2) is 11.6 Å². The minimum absolute atomic E-state index is 0.413. The largest absolute Gasteiger partial charge is 0.352 e. The molecule has 0 radical (unpaired) electrons. The smallest absolute Gasteiger partial charge is 0.243 e. The maximum atomic E-state index is 13.2. The molecule has 2 aromatic heterocycles. The molecule has 3 heterocycles. The minimum Gasteiger partial charge on any atom is -0.352 e. The number of nitrogens with zero attached hydrogens (tertiary/aromatic N) is 5. The molecule has 8 nitrogen and oxygen atoms in total. The number of benzene rings is 1. The molecule has 5 rings (SSSR count). The van der Waals surface area contributed by atoms with Gasteiger partial charge >= 0.3 is 0 Å². The topological polar surface area (TPSA) is 91.3 Å².